The van der Waals surface area contributed by atoms with Gasteiger partial charge < -0.3 is 14.6 Å². The molecular weight excluding hydrogens is 438 g/mol. The molecule has 2 aromatic carbocycles. The number of ether oxygens (including phenoxy) is 2. The van der Waals surface area contributed by atoms with Gasteiger partial charge in [-0.25, -0.2) is 18.4 Å². The summed E-state index contributed by atoms with van der Waals surface area (Å²) >= 11 is 1.52. The van der Waals surface area contributed by atoms with Gasteiger partial charge in [0.2, 0.25) is 5.88 Å². The van der Waals surface area contributed by atoms with E-state index in [9.17, 15) is 8.42 Å². The molecule has 3 aromatic rings. The highest BCUT2D eigenvalue weighted by atomic mass is 32.2. The molecule has 1 aromatic heterocycles. The lowest BCUT2D eigenvalue weighted by atomic mass is 10.1. The summed E-state index contributed by atoms with van der Waals surface area (Å²) in [5.74, 6) is 0.925. The number of aliphatic hydroxyl groups is 1. The molecule has 2 N–H and O–H groups in total. The lowest BCUT2D eigenvalue weighted by molar-refractivity contribution is 0.195. The van der Waals surface area contributed by atoms with Crippen LogP contribution in [0.5, 0.6) is 11.6 Å². The van der Waals surface area contributed by atoms with E-state index in [1.807, 2.05) is 30.5 Å². The first-order valence-corrected chi connectivity index (χ1v) is 12.1. The molecule has 8 nitrogen and oxygen atoms in total. The van der Waals surface area contributed by atoms with Crippen LogP contribution in [0.1, 0.15) is 11.1 Å². The minimum absolute atomic E-state index is 0.0122. The average molecular weight is 462 g/mol. The number of anilines is 1. The van der Waals surface area contributed by atoms with Gasteiger partial charge in [0.25, 0.3) is 10.0 Å². The number of aliphatic hydroxyl groups excluding tert-OH is 1. The lowest BCUT2D eigenvalue weighted by Crippen LogP contribution is -2.17. The summed E-state index contributed by atoms with van der Waals surface area (Å²) in [5.41, 5.74) is 1.24. The number of methoxy groups -OCH3 is 1. The molecule has 0 fully saturated rings. The second kappa shape index (κ2) is 10.5. The SMILES string of the molecule is COc1ccccc1Cc1c(NS(=O)(=O)c2ccc(SC)cc2)ncnc1OCCO. The van der Waals surface area contributed by atoms with Crippen LogP contribution in [0.25, 0.3) is 0 Å². The topological polar surface area (TPSA) is 111 Å². The molecule has 0 atom stereocenters. The monoisotopic (exact) mass is 461 g/mol. The Hall–Kier alpha value is -2.82. The van der Waals surface area contributed by atoms with Crippen LogP contribution in [0.4, 0.5) is 5.82 Å². The van der Waals surface area contributed by atoms with Crippen molar-refractivity contribution in [1.82, 2.24) is 9.97 Å². The number of nitrogens with one attached hydrogen (secondary N) is 1. The first-order chi connectivity index (χ1) is 15.0. The predicted molar refractivity (Wildman–Crippen MR) is 119 cm³/mol. The molecule has 0 saturated heterocycles. The molecule has 0 bridgehead atoms. The average Bonchev–Trinajstić information content (AvgIpc) is 2.79. The minimum atomic E-state index is -3.89. The molecule has 3 rings (SSSR count). The fourth-order valence-electron chi connectivity index (χ4n) is 2.89. The molecule has 10 heteroatoms. The number of thioether (sulfide) groups is 1. The van der Waals surface area contributed by atoms with Crippen LogP contribution in [-0.4, -0.2) is 50.1 Å². The van der Waals surface area contributed by atoms with Crippen molar-refractivity contribution >= 4 is 27.6 Å². The summed E-state index contributed by atoms with van der Waals surface area (Å²) in [6.07, 6.45) is 3.39. The van der Waals surface area contributed by atoms with Crippen molar-refractivity contribution in [2.75, 3.05) is 31.3 Å². The van der Waals surface area contributed by atoms with E-state index in [-0.39, 0.29) is 36.2 Å². The summed E-state index contributed by atoms with van der Waals surface area (Å²) in [6.45, 7) is -0.195. The van der Waals surface area contributed by atoms with Crippen LogP contribution in [0, 0.1) is 0 Å². The van der Waals surface area contributed by atoms with E-state index < -0.39 is 10.0 Å². The standard InChI is InChI=1S/C21H23N3O5S2/c1-28-19-6-4-3-5-15(19)13-18-20(22-14-23-21(18)29-12-11-25)24-31(26,27)17-9-7-16(30-2)8-10-17/h3-10,14,25H,11-13H2,1-2H3,(H,22,23,24). The van der Waals surface area contributed by atoms with Gasteiger partial charge in [-0.2, -0.15) is 0 Å². The van der Waals surface area contributed by atoms with Gasteiger partial charge in [0.05, 0.1) is 24.2 Å². The summed E-state index contributed by atoms with van der Waals surface area (Å²) < 4.78 is 39.4. The molecule has 0 amide bonds. The van der Waals surface area contributed by atoms with Crippen LogP contribution in [-0.2, 0) is 16.4 Å². The molecule has 0 unspecified atom stereocenters. The quantitative estimate of drug-likeness (QED) is 0.444. The van der Waals surface area contributed by atoms with E-state index in [2.05, 4.69) is 14.7 Å². The number of para-hydroxylation sites is 1. The van der Waals surface area contributed by atoms with E-state index in [4.69, 9.17) is 14.6 Å². The van der Waals surface area contributed by atoms with Crippen LogP contribution >= 0.6 is 11.8 Å². The van der Waals surface area contributed by atoms with Crippen molar-refractivity contribution in [3.8, 4) is 11.6 Å². The number of sulfonamides is 1. The van der Waals surface area contributed by atoms with Gasteiger partial charge in [0, 0.05) is 11.3 Å². The summed E-state index contributed by atoms with van der Waals surface area (Å²) in [6, 6.07) is 13.9. The Morgan fingerprint density at radius 2 is 1.84 bits per heavy atom. The smallest absolute Gasteiger partial charge is 0.263 e. The lowest BCUT2D eigenvalue weighted by Gasteiger charge is -2.16. The van der Waals surface area contributed by atoms with Crippen molar-refractivity contribution in [2.45, 2.75) is 16.2 Å². The number of benzene rings is 2. The van der Waals surface area contributed by atoms with Gasteiger partial charge in [-0.15, -0.1) is 11.8 Å². The fraction of sp³-hybridized carbons (Fsp3) is 0.238. The van der Waals surface area contributed by atoms with Crippen molar-refractivity contribution in [2.24, 2.45) is 0 Å². The predicted octanol–water partition coefficient (Wildman–Crippen LogP) is 2.97. The van der Waals surface area contributed by atoms with Crippen LogP contribution < -0.4 is 14.2 Å². The third kappa shape index (κ3) is 5.66. The Kier molecular flexibility index (Phi) is 7.72. The van der Waals surface area contributed by atoms with E-state index in [0.717, 1.165) is 10.5 Å². The van der Waals surface area contributed by atoms with Crippen LogP contribution in [0.3, 0.4) is 0 Å². The number of aromatic nitrogens is 2. The number of hydrogen-bond acceptors (Lipinski definition) is 8. The second-order valence-electron chi connectivity index (χ2n) is 6.35. The van der Waals surface area contributed by atoms with Gasteiger partial charge >= 0.3 is 0 Å². The van der Waals surface area contributed by atoms with Crippen molar-refractivity contribution < 1.29 is 23.0 Å². The zero-order chi connectivity index (χ0) is 22.3. The molecule has 0 aliphatic carbocycles. The zero-order valence-electron chi connectivity index (χ0n) is 17.1. The van der Waals surface area contributed by atoms with Crippen molar-refractivity contribution in [1.29, 1.82) is 0 Å². The van der Waals surface area contributed by atoms with Gasteiger partial charge in [-0.1, -0.05) is 18.2 Å². The fourth-order valence-corrected chi connectivity index (χ4v) is 4.34. The highest BCUT2D eigenvalue weighted by molar-refractivity contribution is 7.98. The summed E-state index contributed by atoms with van der Waals surface area (Å²) in [5, 5.41) is 9.14. The number of rotatable bonds is 10. The molecule has 0 aliphatic rings. The Morgan fingerprint density at radius 3 is 2.52 bits per heavy atom. The second-order valence-corrected chi connectivity index (χ2v) is 8.91. The first kappa shape index (κ1) is 22.9. The molecule has 0 spiro atoms. The third-order valence-electron chi connectivity index (χ3n) is 4.40. The van der Waals surface area contributed by atoms with Gasteiger partial charge in [0.15, 0.2) is 5.82 Å². The molecule has 1 heterocycles. The van der Waals surface area contributed by atoms with Crippen molar-refractivity contribution in [3.63, 3.8) is 0 Å². The maximum atomic E-state index is 13.0. The van der Waals surface area contributed by atoms with Crippen molar-refractivity contribution in [3.05, 3.63) is 66.0 Å². The molecule has 0 saturated carbocycles. The number of nitrogens with zero attached hydrogens (tertiary/aromatic N) is 2. The third-order valence-corrected chi connectivity index (χ3v) is 6.49. The van der Waals surface area contributed by atoms with E-state index in [0.29, 0.717) is 11.3 Å². The molecular formula is C21H23N3O5S2. The Balaban J connectivity index is 2.00. The Bertz CT molecular complexity index is 1120. The largest absolute Gasteiger partial charge is 0.496 e. The van der Waals surface area contributed by atoms with Gasteiger partial charge in [-0.05, 0) is 42.2 Å². The highest BCUT2D eigenvalue weighted by Gasteiger charge is 2.21. The Labute approximate surface area is 185 Å². The normalized spacial score (nSPS) is 11.2. The van der Waals surface area contributed by atoms with Gasteiger partial charge in [-0.3, -0.25) is 4.72 Å². The Morgan fingerprint density at radius 1 is 1.10 bits per heavy atom. The van der Waals surface area contributed by atoms with Crippen LogP contribution in [0.2, 0.25) is 0 Å². The van der Waals surface area contributed by atoms with Gasteiger partial charge in [0.1, 0.15) is 18.7 Å². The maximum absolute atomic E-state index is 13.0. The molecule has 31 heavy (non-hydrogen) atoms. The molecule has 0 radical (unpaired) electrons. The summed E-state index contributed by atoms with van der Waals surface area (Å²) in [4.78, 5) is 9.36. The first-order valence-electron chi connectivity index (χ1n) is 9.34. The van der Waals surface area contributed by atoms with E-state index >= 15 is 0 Å². The minimum Gasteiger partial charge on any atom is -0.496 e. The molecule has 0 aliphatic heterocycles. The number of hydrogen-bond donors (Lipinski definition) is 2. The van der Waals surface area contributed by atoms with E-state index in [1.165, 1.54) is 18.1 Å². The molecule has 164 valence electrons. The van der Waals surface area contributed by atoms with Crippen LogP contribution in [0.15, 0.2) is 64.6 Å². The van der Waals surface area contributed by atoms with E-state index in [1.54, 1.807) is 31.4 Å². The highest BCUT2D eigenvalue weighted by Crippen LogP contribution is 2.30. The maximum Gasteiger partial charge on any atom is 0.263 e. The summed E-state index contributed by atoms with van der Waals surface area (Å²) in [7, 11) is -2.33. The zero-order valence-corrected chi connectivity index (χ0v) is 18.7.